The quantitative estimate of drug-likeness (QED) is 0.457. The number of fused-ring (bicyclic) bond motifs is 1. The molecular weight excluding hydrogens is 411 g/mol. The van der Waals surface area contributed by atoms with Gasteiger partial charge in [-0.25, -0.2) is 4.79 Å². The highest BCUT2D eigenvalue weighted by molar-refractivity contribution is 6.37. The molecule has 1 aliphatic heterocycles. The Morgan fingerprint density at radius 1 is 1.03 bits per heavy atom. The Morgan fingerprint density at radius 3 is 2.41 bits per heavy atom. The first-order valence-electron chi connectivity index (χ1n) is 8.83. The van der Waals surface area contributed by atoms with E-state index in [9.17, 15) is 9.59 Å². The first-order valence-corrected chi connectivity index (χ1v) is 9.59. The van der Waals surface area contributed by atoms with Crippen LogP contribution in [0.5, 0.6) is 5.75 Å². The van der Waals surface area contributed by atoms with E-state index in [2.05, 4.69) is 5.32 Å². The molecule has 0 aliphatic carbocycles. The van der Waals surface area contributed by atoms with Gasteiger partial charge in [-0.15, -0.1) is 0 Å². The van der Waals surface area contributed by atoms with E-state index in [-0.39, 0.29) is 5.70 Å². The Hall–Kier alpha value is -3.02. The van der Waals surface area contributed by atoms with Gasteiger partial charge in [0, 0.05) is 7.05 Å². The van der Waals surface area contributed by atoms with Crippen LogP contribution in [0, 0.1) is 0 Å². The molecule has 0 bridgehead atoms. The second kappa shape index (κ2) is 7.78. The fourth-order valence-corrected chi connectivity index (χ4v) is 3.77. The number of hydrogen-bond donors (Lipinski definition) is 1. The highest BCUT2D eigenvalue weighted by atomic mass is 35.5. The average Bonchev–Trinajstić information content (AvgIpc) is 2.94. The van der Waals surface area contributed by atoms with Gasteiger partial charge in [-0.2, -0.15) is 0 Å². The van der Waals surface area contributed by atoms with Gasteiger partial charge in [0.25, 0.3) is 5.91 Å². The highest BCUT2D eigenvalue weighted by Gasteiger charge is 2.30. The Kier molecular flexibility index (Phi) is 5.18. The molecule has 29 heavy (non-hydrogen) atoms. The van der Waals surface area contributed by atoms with Crippen LogP contribution >= 0.6 is 23.2 Å². The number of ether oxygens (including phenoxy) is 1. The van der Waals surface area contributed by atoms with Gasteiger partial charge < -0.3 is 10.1 Å². The molecule has 0 saturated carbocycles. The molecule has 4 rings (SSSR count). The van der Waals surface area contributed by atoms with E-state index in [1.54, 1.807) is 12.1 Å². The van der Waals surface area contributed by atoms with Gasteiger partial charge in [0.15, 0.2) is 5.75 Å². The van der Waals surface area contributed by atoms with Crippen LogP contribution in [0.3, 0.4) is 0 Å². The van der Waals surface area contributed by atoms with Gasteiger partial charge in [-0.1, -0.05) is 65.7 Å². The molecule has 7 heteroatoms. The molecule has 146 valence electrons. The first-order chi connectivity index (χ1) is 13.9. The molecular formula is C22H16Cl2N2O3. The summed E-state index contributed by atoms with van der Waals surface area (Å²) in [5, 5.41) is 5.36. The highest BCUT2D eigenvalue weighted by Crippen LogP contribution is 2.36. The Bertz CT molecular complexity index is 1150. The third-order valence-corrected chi connectivity index (χ3v) is 5.23. The third kappa shape index (κ3) is 3.79. The molecule has 0 unspecified atom stereocenters. The Labute approximate surface area is 177 Å². The van der Waals surface area contributed by atoms with Crippen LogP contribution in [0.4, 0.5) is 4.79 Å². The zero-order valence-corrected chi connectivity index (χ0v) is 16.9. The van der Waals surface area contributed by atoms with E-state index in [1.165, 1.54) is 13.1 Å². The smallest absolute Gasteiger partial charge is 0.328 e. The van der Waals surface area contributed by atoms with Crippen molar-refractivity contribution in [3.05, 3.63) is 81.5 Å². The maximum absolute atomic E-state index is 12.0. The predicted octanol–water partition coefficient (Wildman–Crippen LogP) is 5.25. The standard InChI is InChI=1S/C22H16Cl2N2O3/c1-26-21(27)19(25-22(26)28)11-13-9-17(23)20(18(24)10-13)29-12-15-7-4-6-14-5-2-3-8-16(14)15/h2-11H,12H2,1H3,(H,25,28)/b19-11+. The number of benzene rings is 3. The number of halogens is 2. The van der Waals surface area contributed by atoms with Gasteiger partial charge in [-0.05, 0) is 40.1 Å². The summed E-state index contributed by atoms with van der Waals surface area (Å²) in [6, 6.07) is 16.9. The Balaban J connectivity index is 1.58. The number of rotatable bonds is 4. The zero-order chi connectivity index (χ0) is 20.5. The number of amides is 3. The first kappa shape index (κ1) is 19.3. The summed E-state index contributed by atoms with van der Waals surface area (Å²) in [5.41, 5.74) is 1.76. The minimum Gasteiger partial charge on any atom is -0.486 e. The van der Waals surface area contributed by atoms with Crippen LogP contribution < -0.4 is 10.1 Å². The van der Waals surface area contributed by atoms with Crippen molar-refractivity contribution in [1.82, 2.24) is 10.2 Å². The van der Waals surface area contributed by atoms with Crippen LogP contribution in [-0.4, -0.2) is 23.9 Å². The van der Waals surface area contributed by atoms with Crippen molar-refractivity contribution in [2.45, 2.75) is 6.61 Å². The Morgan fingerprint density at radius 2 is 1.72 bits per heavy atom. The molecule has 1 aliphatic rings. The molecule has 3 aromatic carbocycles. The fourth-order valence-electron chi connectivity index (χ4n) is 3.16. The molecule has 0 radical (unpaired) electrons. The third-order valence-electron chi connectivity index (χ3n) is 4.66. The number of hydrogen-bond acceptors (Lipinski definition) is 3. The van der Waals surface area contributed by atoms with E-state index in [0.717, 1.165) is 21.2 Å². The van der Waals surface area contributed by atoms with E-state index in [4.69, 9.17) is 27.9 Å². The molecule has 0 aromatic heterocycles. The SMILES string of the molecule is CN1C(=O)N/C(=C/c2cc(Cl)c(OCc3cccc4ccccc34)c(Cl)c2)C1=O. The van der Waals surface area contributed by atoms with Crippen molar-refractivity contribution in [2.24, 2.45) is 0 Å². The van der Waals surface area contributed by atoms with Crippen molar-refractivity contribution in [2.75, 3.05) is 7.05 Å². The number of nitrogens with zero attached hydrogens (tertiary/aromatic N) is 1. The summed E-state index contributed by atoms with van der Waals surface area (Å²) in [6.07, 6.45) is 1.52. The predicted molar refractivity (Wildman–Crippen MR) is 114 cm³/mol. The molecule has 1 N–H and O–H groups in total. The number of carbonyl (C=O) groups excluding carboxylic acids is 2. The lowest BCUT2D eigenvalue weighted by Crippen LogP contribution is -2.25. The number of imide groups is 1. The number of nitrogens with one attached hydrogen (secondary N) is 1. The lowest BCUT2D eigenvalue weighted by atomic mass is 10.1. The minimum atomic E-state index is -0.478. The maximum atomic E-state index is 12.0. The number of carbonyl (C=O) groups is 2. The second-order valence-corrected chi connectivity index (χ2v) is 7.41. The lowest BCUT2D eigenvalue weighted by molar-refractivity contribution is -0.121. The van der Waals surface area contributed by atoms with Gasteiger partial charge in [0.2, 0.25) is 0 Å². The maximum Gasteiger partial charge on any atom is 0.328 e. The summed E-state index contributed by atoms with van der Waals surface area (Å²) in [7, 11) is 1.41. The van der Waals surface area contributed by atoms with Crippen molar-refractivity contribution in [1.29, 1.82) is 0 Å². The molecule has 5 nitrogen and oxygen atoms in total. The molecule has 0 atom stereocenters. The monoisotopic (exact) mass is 426 g/mol. The summed E-state index contributed by atoms with van der Waals surface area (Å²) in [6.45, 7) is 0.306. The molecule has 3 aromatic rings. The van der Waals surface area contributed by atoms with Crippen molar-refractivity contribution in [3.8, 4) is 5.75 Å². The molecule has 1 heterocycles. The molecule has 3 amide bonds. The second-order valence-electron chi connectivity index (χ2n) is 6.59. The zero-order valence-electron chi connectivity index (χ0n) is 15.4. The van der Waals surface area contributed by atoms with Crippen LogP contribution in [0.25, 0.3) is 16.8 Å². The van der Waals surface area contributed by atoms with Crippen LogP contribution in [0.15, 0.2) is 60.3 Å². The van der Waals surface area contributed by atoms with Crippen molar-refractivity contribution >= 4 is 52.0 Å². The number of likely N-dealkylation sites (N-methyl/N-ethyl adjacent to an activating group) is 1. The van der Waals surface area contributed by atoms with Gasteiger partial charge >= 0.3 is 6.03 Å². The van der Waals surface area contributed by atoms with E-state index < -0.39 is 11.9 Å². The van der Waals surface area contributed by atoms with Crippen molar-refractivity contribution < 1.29 is 14.3 Å². The summed E-state index contributed by atoms with van der Waals surface area (Å²) >= 11 is 12.8. The van der Waals surface area contributed by atoms with Gasteiger partial charge in [0.1, 0.15) is 12.3 Å². The van der Waals surface area contributed by atoms with E-state index in [0.29, 0.717) is 28.0 Å². The van der Waals surface area contributed by atoms with Crippen LogP contribution in [-0.2, 0) is 11.4 Å². The summed E-state index contributed by atoms with van der Waals surface area (Å²) < 4.78 is 5.91. The lowest BCUT2D eigenvalue weighted by Gasteiger charge is -2.12. The summed E-state index contributed by atoms with van der Waals surface area (Å²) in [4.78, 5) is 24.6. The topological polar surface area (TPSA) is 58.6 Å². The normalized spacial score (nSPS) is 15.3. The fraction of sp³-hybridized carbons (Fsp3) is 0.0909. The molecule has 1 saturated heterocycles. The van der Waals surface area contributed by atoms with Gasteiger partial charge in [-0.3, -0.25) is 9.69 Å². The van der Waals surface area contributed by atoms with E-state index >= 15 is 0 Å². The average molecular weight is 427 g/mol. The van der Waals surface area contributed by atoms with Crippen LogP contribution in [0.1, 0.15) is 11.1 Å². The van der Waals surface area contributed by atoms with Crippen molar-refractivity contribution in [3.63, 3.8) is 0 Å². The summed E-state index contributed by atoms with van der Waals surface area (Å²) in [5.74, 6) is -0.0548. The van der Waals surface area contributed by atoms with Crippen LogP contribution in [0.2, 0.25) is 10.0 Å². The largest absolute Gasteiger partial charge is 0.486 e. The molecule has 1 fully saturated rings. The number of urea groups is 1. The molecule has 0 spiro atoms. The van der Waals surface area contributed by atoms with Gasteiger partial charge in [0.05, 0.1) is 10.0 Å². The minimum absolute atomic E-state index is 0.161. The van der Waals surface area contributed by atoms with E-state index in [1.807, 2.05) is 42.5 Å².